The number of carbonyl (C=O) groups excluding carboxylic acids is 3. The molecule has 0 unspecified atom stereocenters. The Kier molecular flexibility index (Phi) is 5.25. The zero-order chi connectivity index (χ0) is 18.8. The minimum atomic E-state index is -0.210. The maximum absolute atomic E-state index is 12.8. The van der Waals surface area contributed by atoms with Gasteiger partial charge in [0.25, 0.3) is 11.8 Å². The van der Waals surface area contributed by atoms with Gasteiger partial charge < -0.3 is 4.90 Å². The van der Waals surface area contributed by atoms with Gasteiger partial charge in [-0.2, -0.15) is 0 Å². The van der Waals surface area contributed by atoms with Crippen LogP contribution in [0.15, 0.2) is 24.3 Å². The van der Waals surface area contributed by atoms with Gasteiger partial charge in [0.05, 0.1) is 17.8 Å². The van der Waals surface area contributed by atoms with Crippen molar-refractivity contribution in [2.75, 3.05) is 32.8 Å². The highest BCUT2D eigenvalue weighted by Crippen LogP contribution is 2.25. The maximum atomic E-state index is 12.8. The van der Waals surface area contributed by atoms with Crippen molar-refractivity contribution in [3.63, 3.8) is 0 Å². The molecule has 0 spiro atoms. The minimum absolute atomic E-state index is 0.0847. The van der Waals surface area contributed by atoms with Crippen LogP contribution < -0.4 is 0 Å². The van der Waals surface area contributed by atoms with Crippen LogP contribution in [0.4, 0.5) is 0 Å². The summed E-state index contributed by atoms with van der Waals surface area (Å²) >= 11 is 0. The van der Waals surface area contributed by atoms with Crippen LogP contribution >= 0.6 is 0 Å². The Hall–Kier alpha value is -2.21. The third-order valence-electron chi connectivity index (χ3n) is 6.07. The molecule has 0 aliphatic carbocycles. The summed E-state index contributed by atoms with van der Waals surface area (Å²) in [7, 11) is 0. The van der Waals surface area contributed by atoms with Gasteiger partial charge in [0.2, 0.25) is 5.91 Å². The quantitative estimate of drug-likeness (QED) is 0.768. The molecule has 27 heavy (non-hydrogen) atoms. The number of rotatable bonds is 3. The average Bonchev–Trinajstić information content (AvgIpc) is 2.91. The van der Waals surface area contributed by atoms with Crippen LogP contribution in [-0.4, -0.2) is 65.3 Å². The van der Waals surface area contributed by atoms with Crippen molar-refractivity contribution >= 4 is 17.7 Å². The van der Waals surface area contributed by atoms with Crippen molar-refractivity contribution in [2.24, 2.45) is 5.92 Å². The Labute approximate surface area is 160 Å². The van der Waals surface area contributed by atoms with E-state index in [2.05, 4.69) is 9.80 Å². The van der Waals surface area contributed by atoms with E-state index in [1.165, 1.54) is 17.7 Å². The van der Waals surface area contributed by atoms with Crippen molar-refractivity contribution in [2.45, 2.75) is 38.5 Å². The third-order valence-corrected chi connectivity index (χ3v) is 6.07. The van der Waals surface area contributed by atoms with Crippen molar-refractivity contribution in [1.29, 1.82) is 0 Å². The number of carbonyl (C=O) groups is 3. The van der Waals surface area contributed by atoms with Gasteiger partial charge in [-0.1, -0.05) is 25.0 Å². The van der Waals surface area contributed by atoms with Crippen LogP contribution in [0.1, 0.15) is 59.2 Å². The van der Waals surface area contributed by atoms with Crippen LogP contribution in [0.25, 0.3) is 0 Å². The normalized spacial score (nSPS) is 22.1. The monoisotopic (exact) mass is 369 g/mol. The molecule has 3 heterocycles. The maximum Gasteiger partial charge on any atom is 0.262 e. The van der Waals surface area contributed by atoms with Gasteiger partial charge in [0.15, 0.2) is 0 Å². The topological polar surface area (TPSA) is 60.9 Å². The standard InChI is InChI=1S/C21H27N3O3/c25-19(23-11-5-1-2-6-12-23)16-9-13-22(14-10-16)15-24-20(26)17-7-3-4-8-18(17)21(24)27/h3-4,7-8,16H,1-2,5-6,9-15H2. The first-order valence-corrected chi connectivity index (χ1v) is 10.1. The zero-order valence-corrected chi connectivity index (χ0v) is 15.7. The van der Waals surface area contributed by atoms with Gasteiger partial charge in [-0.05, 0) is 37.8 Å². The van der Waals surface area contributed by atoms with E-state index >= 15 is 0 Å². The smallest absolute Gasteiger partial charge is 0.262 e. The predicted octanol–water partition coefficient (Wildman–Crippen LogP) is 2.35. The number of benzene rings is 1. The largest absolute Gasteiger partial charge is 0.342 e. The first-order valence-electron chi connectivity index (χ1n) is 10.1. The Balaban J connectivity index is 1.32. The lowest BCUT2D eigenvalue weighted by atomic mass is 9.95. The molecule has 3 aliphatic heterocycles. The molecule has 1 aromatic carbocycles. The van der Waals surface area contributed by atoms with E-state index in [0.29, 0.717) is 23.7 Å². The number of nitrogens with zero attached hydrogens (tertiary/aromatic N) is 3. The summed E-state index contributed by atoms with van der Waals surface area (Å²) in [5.74, 6) is -0.0319. The van der Waals surface area contributed by atoms with E-state index in [1.807, 2.05) is 0 Å². The predicted molar refractivity (Wildman–Crippen MR) is 101 cm³/mol. The summed E-state index contributed by atoms with van der Waals surface area (Å²) < 4.78 is 0. The summed E-state index contributed by atoms with van der Waals surface area (Å²) in [4.78, 5) is 43.3. The second kappa shape index (κ2) is 7.80. The summed E-state index contributed by atoms with van der Waals surface area (Å²) in [6.45, 7) is 3.61. The Morgan fingerprint density at radius 1 is 0.852 bits per heavy atom. The van der Waals surface area contributed by atoms with Crippen molar-refractivity contribution in [1.82, 2.24) is 14.7 Å². The molecule has 0 aromatic heterocycles. The molecule has 0 radical (unpaired) electrons. The van der Waals surface area contributed by atoms with Gasteiger partial charge in [-0.3, -0.25) is 24.2 Å². The second-order valence-corrected chi connectivity index (χ2v) is 7.86. The minimum Gasteiger partial charge on any atom is -0.342 e. The molecule has 0 atom stereocenters. The van der Waals surface area contributed by atoms with Gasteiger partial charge in [-0.15, -0.1) is 0 Å². The van der Waals surface area contributed by atoms with Crippen molar-refractivity contribution in [3.05, 3.63) is 35.4 Å². The van der Waals surface area contributed by atoms with Crippen LogP contribution in [0.5, 0.6) is 0 Å². The molecule has 0 N–H and O–H groups in total. The lowest BCUT2D eigenvalue weighted by molar-refractivity contribution is -0.137. The summed E-state index contributed by atoms with van der Waals surface area (Å²) in [6, 6.07) is 6.99. The van der Waals surface area contributed by atoms with E-state index in [0.717, 1.165) is 51.9 Å². The number of likely N-dealkylation sites (tertiary alicyclic amines) is 2. The van der Waals surface area contributed by atoms with Crippen LogP contribution in [0.2, 0.25) is 0 Å². The Morgan fingerprint density at radius 3 is 1.96 bits per heavy atom. The molecule has 144 valence electrons. The van der Waals surface area contributed by atoms with Crippen molar-refractivity contribution < 1.29 is 14.4 Å². The molecular weight excluding hydrogens is 342 g/mol. The lowest BCUT2D eigenvalue weighted by Crippen LogP contribution is -2.47. The fourth-order valence-corrected chi connectivity index (χ4v) is 4.44. The Morgan fingerprint density at radius 2 is 1.41 bits per heavy atom. The van der Waals surface area contributed by atoms with Gasteiger partial charge in [-0.25, -0.2) is 0 Å². The zero-order valence-electron chi connectivity index (χ0n) is 15.7. The van der Waals surface area contributed by atoms with Gasteiger partial charge in [0, 0.05) is 32.1 Å². The lowest BCUT2D eigenvalue weighted by Gasteiger charge is -2.35. The highest BCUT2D eigenvalue weighted by Gasteiger charge is 2.37. The highest BCUT2D eigenvalue weighted by molar-refractivity contribution is 6.21. The van der Waals surface area contributed by atoms with Gasteiger partial charge in [0.1, 0.15) is 0 Å². The molecule has 6 nitrogen and oxygen atoms in total. The molecule has 3 amide bonds. The molecule has 2 fully saturated rings. The molecule has 4 rings (SSSR count). The van der Waals surface area contributed by atoms with E-state index < -0.39 is 0 Å². The highest BCUT2D eigenvalue weighted by atomic mass is 16.2. The molecule has 2 saturated heterocycles. The van der Waals surface area contributed by atoms with E-state index in [-0.39, 0.29) is 17.7 Å². The van der Waals surface area contributed by atoms with Crippen LogP contribution in [0.3, 0.4) is 0 Å². The summed E-state index contributed by atoms with van der Waals surface area (Å²) in [5, 5.41) is 0. The number of piperidine rings is 1. The SMILES string of the molecule is O=C(C1CCN(CN2C(=O)c3ccccc3C2=O)CC1)N1CCCCCC1. The van der Waals surface area contributed by atoms with Crippen LogP contribution in [-0.2, 0) is 4.79 Å². The van der Waals surface area contributed by atoms with E-state index in [1.54, 1.807) is 24.3 Å². The third kappa shape index (κ3) is 3.63. The van der Waals surface area contributed by atoms with E-state index in [4.69, 9.17) is 0 Å². The molecule has 0 saturated carbocycles. The second-order valence-electron chi connectivity index (χ2n) is 7.86. The number of fused-ring (bicyclic) bond motifs is 1. The Bertz CT molecular complexity index is 697. The fourth-order valence-electron chi connectivity index (χ4n) is 4.44. The summed E-state index contributed by atoms with van der Waals surface area (Å²) in [6.07, 6.45) is 6.29. The molecular formula is C21H27N3O3. The molecule has 3 aliphatic rings. The molecule has 6 heteroatoms. The molecule has 0 bridgehead atoms. The summed E-state index contributed by atoms with van der Waals surface area (Å²) in [5.41, 5.74) is 0.988. The first-order chi connectivity index (χ1) is 13.1. The van der Waals surface area contributed by atoms with Crippen LogP contribution in [0, 0.1) is 5.92 Å². The molecule has 1 aromatic rings. The van der Waals surface area contributed by atoms with Crippen molar-refractivity contribution in [3.8, 4) is 0 Å². The van der Waals surface area contributed by atoms with E-state index in [9.17, 15) is 14.4 Å². The number of hydrogen-bond acceptors (Lipinski definition) is 4. The number of hydrogen-bond donors (Lipinski definition) is 0. The average molecular weight is 369 g/mol. The number of amides is 3. The van der Waals surface area contributed by atoms with Gasteiger partial charge >= 0.3 is 0 Å². The number of imide groups is 1. The first kappa shape index (κ1) is 18.2. The fraction of sp³-hybridized carbons (Fsp3) is 0.571.